The molecular weight excluding hydrogens is 298 g/mol. The number of hydrogen-bond donors (Lipinski definition) is 2. The summed E-state index contributed by atoms with van der Waals surface area (Å²) in [5, 5.41) is 2.95. The van der Waals surface area contributed by atoms with Crippen molar-refractivity contribution in [3.63, 3.8) is 0 Å². The lowest BCUT2D eigenvalue weighted by Gasteiger charge is -2.29. The number of carbonyl (C=O) groups is 2. The van der Waals surface area contributed by atoms with Crippen LogP contribution in [0, 0.1) is 0 Å². The maximum Gasteiger partial charge on any atom is 0.255 e. The zero-order valence-electron chi connectivity index (χ0n) is 13.3. The third kappa shape index (κ3) is 5.54. The summed E-state index contributed by atoms with van der Waals surface area (Å²) in [7, 11) is 0. The van der Waals surface area contributed by atoms with E-state index in [0.717, 1.165) is 32.8 Å². The summed E-state index contributed by atoms with van der Waals surface area (Å²) in [5.41, 5.74) is 5.46. The average Bonchev–Trinajstić information content (AvgIpc) is 2.54. The third-order valence-corrected chi connectivity index (χ3v) is 3.51. The van der Waals surface area contributed by atoms with E-state index in [-0.39, 0.29) is 18.6 Å². The number of morpholine rings is 1. The summed E-state index contributed by atoms with van der Waals surface area (Å²) in [4.78, 5) is 25.5. The van der Waals surface area contributed by atoms with Crippen LogP contribution in [0.25, 0.3) is 0 Å². The molecule has 0 spiro atoms. The van der Waals surface area contributed by atoms with Crippen LogP contribution in [-0.2, 0) is 9.53 Å². The summed E-state index contributed by atoms with van der Waals surface area (Å²) >= 11 is 0. The van der Waals surface area contributed by atoms with Crippen molar-refractivity contribution in [1.29, 1.82) is 0 Å². The zero-order valence-corrected chi connectivity index (χ0v) is 13.3. The van der Waals surface area contributed by atoms with Crippen LogP contribution in [0.15, 0.2) is 24.3 Å². The summed E-state index contributed by atoms with van der Waals surface area (Å²) in [6.07, 6.45) is 0. The molecule has 3 N–H and O–H groups in total. The number of nitrogens with one attached hydrogen (secondary N) is 1. The minimum Gasteiger partial charge on any atom is -0.483 e. The number of hydrogen-bond acceptors (Lipinski definition) is 5. The first kappa shape index (κ1) is 17.2. The molecule has 0 aliphatic carbocycles. The van der Waals surface area contributed by atoms with Gasteiger partial charge in [-0.2, -0.15) is 0 Å². The molecule has 1 fully saturated rings. The molecule has 1 aromatic carbocycles. The highest BCUT2D eigenvalue weighted by Crippen LogP contribution is 2.18. The summed E-state index contributed by atoms with van der Waals surface area (Å²) in [6, 6.07) is 6.78. The SMILES string of the molecule is C[C@H](CN1CCOCC1)NC(=O)c1ccccc1OCC(N)=O. The number of para-hydroxylation sites is 1. The van der Waals surface area contributed by atoms with Crippen molar-refractivity contribution in [2.75, 3.05) is 39.5 Å². The van der Waals surface area contributed by atoms with Crippen molar-refractivity contribution in [2.45, 2.75) is 13.0 Å². The Balaban J connectivity index is 1.92. The van der Waals surface area contributed by atoms with Gasteiger partial charge in [0.15, 0.2) is 6.61 Å². The van der Waals surface area contributed by atoms with Gasteiger partial charge in [-0.25, -0.2) is 0 Å². The van der Waals surface area contributed by atoms with Crippen LogP contribution in [0.2, 0.25) is 0 Å². The van der Waals surface area contributed by atoms with Crippen LogP contribution in [0.3, 0.4) is 0 Å². The number of amides is 2. The number of primary amides is 1. The molecule has 1 aliphatic rings. The van der Waals surface area contributed by atoms with Gasteiger partial charge in [-0.15, -0.1) is 0 Å². The summed E-state index contributed by atoms with van der Waals surface area (Å²) in [5.74, 6) is -0.464. The fourth-order valence-corrected chi connectivity index (χ4v) is 2.45. The molecule has 1 saturated heterocycles. The Kier molecular flexibility index (Phi) is 6.37. The maximum absolute atomic E-state index is 12.4. The Hall–Kier alpha value is -2.12. The van der Waals surface area contributed by atoms with Crippen molar-refractivity contribution in [3.05, 3.63) is 29.8 Å². The highest BCUT2D eigenvalue weighted by atomic mass is 16.5. The van der Waals surface area contributed by atoms with Crippen LogP contribution >= 0.6 is 0 Å². The van der Waals surface area contributed by atoms with E-state index in [2.05, 4.69) is 10.2 Å². The molecule has 1 aromatic rings. The van der Waals surface area contributed by atoms with Crippen LogP contribution in [0.4, 0.5) is 0 Å². The first-order chi connectivity index (χ1) is 11.1. The predicted molar refractivity (Wildman–Crippen MR) is 85.3 cm³/mol. The molecule has 2 amide bonds. The Morgan fingerprint density at radius 1 is 1.35 bits per heavy atom. The standard InChI is InChI=1S/C16H23N3O4/c1-12(10-19-6-8-22-9-7-19)18-16(21)13-4-2-3-5-14(13)23-11-15(17)20/h2-5,12H,6-11H2,1H3,(H2,17,20)(H,18,21)/t12-/m1/s1. The van der Waals surface area contributed by atoms with Crippen LogP contribution in [0.1, 0.15) is 17.3 Å². The van der Waals surface area contributed by atoms with Crippen molar-refractivity contribution in [3.8, 4) is 5.75 Å². The van der Waals surface area contributed by atoms with Crippen LogP contribution in [0.5, 0.6) is 5.75 Å². The number of rotatable bonds is 7. The molecule has 0 aromatic heterocycles. The molecule has 0 bridgehead atoms. The number of carbonyl (C=O) groups excluding carboxylic acids is 2. The molecule has 1 aliphatic heterocycles. The van der Waals surface area contributed by atoms with Crippen LogP contribution in [-0.4, -0.2) is 62.2 Å². The second-order valence-electron chi connectivity index (χ2n) is 5.54. The van der Waals surface area contributed by atoms with E-state index in [0.29, 0.717) is 11.3 Å². The van der Waals surface area contributed by atoms with E-state index in [4.69, 9.17) is 15.2 Å². The van der Waals surface area contributed by atoms with Gasteiger partial charge in [0.25, 0.3) is 11.8 Å². The third-order valence-electron chi connectivity index (χ3n) is 3.51. The van der Waals surface area contributed by atoms with E-state index in [1.807, 2.05) is 6.92 Å². The molecule has 2 rings (SSSR count). The first-order valence-electron chi connectivity index (χ1n) is 7.67. The molecule has 7 nitrogen and oxygen atoms in total. The van der Waals surface area contributed by atoms with Crippen molar-refractivity contribution >= 4 is 11.8 Å². The lowest BCUT2D eigenvalue weighted by molar-refractivity contribution is -0.119. The highest BCUT2D eigenvalue weighted by molar-refractivity contribution is 5.97. The van der Waals surface area contributed by atoms with E-state index in [1.165, 1.54) is 0 Å². The summed E-state index contributed by atoms with van der Waals surface area (Å²) in [6.45, 7) is 5.67. The second kappa shape index (κ2) is 8.50. The lowest BCUT2D eigenvalue weighted by Crippen LogP contribution is -2.46. The number of nitrogens with two attached hydrogens (primary N) is 1. The Morgan fingerprint density at radius 2 is 2.04 bits per heavy atom. The number of nitrogens with zero attached hydrogens (tertiary/aromatic N) is 1. The quantitative estimate of drug-likeness (QED) is 0.737. The summed E-state index contributed by atoms with van der Waals surface area (Å²) < 4.78 is 10.6. The van der Waals surface area contributed by atoms with E-state index < -0.39 is 5.91 Å². The van der Waals surface area contributed by atoms with Gasteiger partial charge < -0.3 is 20.5 Å². The maximum atomic E-state index is 12.4. The molecule has 126 valence electrons. The highest BCUT2D eigenvalue weighted by Gasteiger charge is 2.18. The molecule has 1 heterocycles. The molecule has 23 heavy (non-hydrogen) atoms. The van der Waals surface area contributed by atoms with E-state index >= 15 is 0 Å². The predicted octanol–water partition coefficient (Wildman–Crippen LogP) is 0.00120. The minimum atomic E-state index is -0.583. The van der Waals surface area contributed by atoms with Gasteiger partial charge in [0.2, 0.25) is 0 Å². The monoisotopic (exact) mass is 321 g/mol. The fourth-order valence-electron chi connectivity index (χ4n) is 2.45. The number of benzene rings is 1. The fraction of sp³-hybridized carbons (Fsp3) is 0.500. The number of ether oxygens (including phenoxy) is 2. The van der Waals surface area contributed by atoms with Gasteiger partial charge in [0.1, 0.15) is 5.75 Å². The largest absolute Gasteiger partial charge is 0.483 e. The molecule has 0 unspecified atom stereocenters. The van der Waals surface area contributed by atoms with Gasteiger partial charge in [-0.3, -0.25) is 14.5 Å². The normalized spacial score (nSPS) is 16.6. The Morgan fingerprint density at radius 3 is 2.74 bits per heavy atom. The molecule has 7 heteroatoms. The Bertz CT molecular complexity index is 544. The molecule has 1 atom stereocenters. The topological polar surface area (TPSA) is 93.9 Å². The van der Waals surface area contributed by atoms with Gasteiger partial charge in [-0.05, 0) is 19.1 Å². The van der Waals surface area contributed by atoms with Gasteiger partial charge >= 0.3 is 0 Å². The second-order valence-corrected chi connectivity index (χ2v) is 5.54. The van der Waals surface area contributed by atoms with Gasteiger partial charge in [0.05, 0.1) is 18.8 Å². The van der Waals surface area contributed by atoms with Gasteiger partial charge in [-0.1, -0.05) is 12.1 Å². The molecule has 0 saturated carbocycles. The van der Waals surface area contributed by atoms with Crippen molar-refractivity contribution in [2.24, 2.45) is 5.73 Å². The Labute approximate surface area is 135 Å². The molecule has 0 radical (unpaired) electrons. The average molecular weight is 321 g/mol. The first-order valence-corrected chi connectivity index (χ1v) is 7.67. The molecular formula is C16H23N3O4. The van der Waals surface area contributed by atoms with Crippen molar-refractivity contribution < 1.29 is 19.1 Å². The smallest absolute Gasteiger partial charge is 0.255 e. The van der Waals surface area contributed by atoms with Crippen molar-refractivity contribution in [1.82, 2.24) is 10.2 Å². The lowest BCUT2D eigenvalue weighted by atomic mass is 10.1. The van der Waals surface area contributed by atoms with E-state index in [1.54, 1.807) is 24.3 Å². The van der Waals surface area contributed by atoms with Gasteiger partial charge in [0, 0.05) is 25.7 Å². The van der Waals surface area contributed by atoms with E-state index in [9.17, 15) is 9.59 Å². The minimum absolute atomic E-state index is 0.00945. The van der Waals surface area contributed by atoms with Crippen LogP contribution < -0.4 is 15.8 Å². The zero-order chi connectivity index (χ0) is 16.7.